The molecule has 0 spiro atoms. The van der Waals surface area contributed by atoms with Gasteiger partial charge in [0.05, 0.1) is 0 Å². The van der Waals surface area contributed by atoms with Gasteiger partial charge >= 0.3 is 6.03 Å². The van der Waals surface area contributed by atoms with E-state index in [9.17, 15) is 9.59 Å². The van der Waals surface area contributed by atoms with Gasteiger partial charge in [-0.2, -0.15) is 0 Å². The lowest BCUT2D eigenvalue weighted by Crippen LogP contribution is -2.49. The number of hydrogen-bond acceptors (Lipinski definition) is 2. The van der Waals surface area contributed by atoms with E-state index in [1.54, 1.807) is 6.92 Å². The van der Waals surface area contributed by atoms with Gasteiger partial charge in [0.2, 0.25) is 5.91 Å². The Labute approximate surface area is 89.8 Å². The van der Waals surface area contributed by atoms with Gasteiger partial charge in [-0.3, -0.25) is 4.79 Å². The molecule has 0 radical (unpaired) electrons. The van der Waals surface area contributed by atoms with Crippen LogP contribution in [0.5, 0.6) is 0 Å². The second-order valence-electron chi connectivity index (χ2n) is 4.35. The summed E-state index contributed by atoms with van der Waals surface area (Å²) in [5.41, 5.74) is 4.93. The van der Waals surface area contributed by atoms with E-state index in [0.717, 1.165) is 19.3 Å². The molecule has 0 aromatic rings. The fourth-order valence-corrected chi connectivity index (χ4v) is 1.94. The monoisotopic (exact) mass is 213 g/mol. The molecule has 1 aliphatic carbocycles. The van der Waals surface area contributed by atoms with E-state index in [-0.39, 0.29) is 11.9 Å². The lowest BCUT2D eigenvalue weighted by atomic mass is 10.1. The first-order chi connectivity index (χ1) is 6.99. The van der Waals surface area contributed by atoms with Crippen molar-refractivity contribution < 1.29 is 9.59 Å². The summed E-state index contributed by atoms with van der Waals surface area (Å²) >= 11 is 0. The predicted octanol–water partition coefficient (Wildman–Crippen LogP) is 0.348. The van der Waals surface area contributed by atoms with Gasteiger partial charge in [0, 0.05) is 6.04 Å². The van der Waals surface area contributed by atoms with E-state index in [1.807, 2.05) is 0 Å². The number of hydrogen-bond donors (Lipinski definition) is 3. The van der Waals surface area contributed by atoms with Crippen LogP contribution in [-0.2, 0) is 4.79 Å². The molecule has 1 fully saturated rings. The summed E-state index contributed by atoms with van der Waals surface area (Å²) in [7, 11) is 0. The first-order valence-electron chi connectivity index (χ1n) is 5.35. The molecule has 0 aromatic carbocycles. The molecule has 1 rings (SSSR count). The zero-order valence-corrected chi connectivity index (χ0v) is 9.25. The van der Waals surface area contributed by atoms with Crippen LogP contribution in [0.2, 0.25) is 0 Å². The predicted molar refractivity (Wildman–Crippen MR) is 57.1 cm³/mol. The van der Waals surface area contributed by atoms with E-state index in [0.29, 0.717) is 5.92 Å². The topological polar surface area (TPSA) is 84.2 Å². The average molecular weight is 213 g/mol. The molecular weight excluding hydrogens is 194 g/mol. The minimum atomic E-state index is -0.669. The molecule has 1 saturated carbocycles. The van der Waals surface area contributed by atoms with Gasteiger partial charge < -0.3 is 16.4 Å². The van der Waals surface area contributed by atoms with Crippen molar-refractivity contribution in [1.82, 2.24) is 10.6 Å². The highest BCUT2D eigenvalue weighted by molar-refractivity contribution is 5.86. The second-order valence-corrected chi connectivity index (χ2v) is 4.35. The summed E-state index contributed by atoms with van der Waals surface area (Å²) < 4.78 is 0. The smallest absolute Gasteiger partial charge is 0.312 e. The lowest BCUT2D eigenvalue weighted by molar-refractivity contribution is -0.123. The average Bonchev–Trinajstić information content (AvgIpc) is 2.50. The van der Waals surface area contributed by atoms with Crippen LogP contribution in [0.4, 0.5) is 4.79 Å². The van der Waals surface area contributed by atoms with Crippen molar-refractivity contribution in [2.75, 3.05) is 0 Å². The molecule has 86 valence electrons. The van der Waals surface area contributed by atoms with Gasteiger partial charge in [0.15, 0.2) is 0 Å². The molecule has 1 aliphatic rings. The van der Waals surface area contributed by atoms with Crippen molar-refractivity contribution in [2.24, 2.45) is 11.7 Å². The summed E-state index contributed by atoms with van der Waals surface area (Å²) in [5, 5.41) is 5.26. The Morgan fingerprint density at radius 3 is 2.53 bits per heavy atom. The third-order valence-electron chi connectivity index (χ3n) is 2.79. The highest BCUT2D eigenvalue weighted by Gasteiger charge is 2.24. The van der Waals surface area contributed by atoms with Gasteiger partial charge in [-0.25, -0.2) is 4.79 Å². The van der Waals surface area contributed by atoms with Crippen molar-refractivity contribution >= 4 is 11.9 Å². The van der Waals surface area contributed by atoms with E-state index in [2.05, 4.69) is 17.6 Å². The Kier molecular flexibility index (Phi) is 3.94. The Hall–Kier alpha value is -1.26. The fourth-order valence-electron chi connectivity index (χ4n) is 1.94. The molecule has 3 atom stereocenters. The van der Waals surface area contributed by atoms with Gasteiger partial charge in [-0.1, -0.05) is 6.92 Å². The molecule has 5 heteroatoms. The van der Waals surface area contributed by atoms with E-state index in [4.69, 9.17) is 5.73 Å². The van der Waals surface area contributed by atoms with Gasteiger partial charge in [0.1, 0.15) is 6.04 Å². The zero-order valence-electron chi connectivity index (χ0n) is 9.25. The number of primary amides is 1. The van der Waals surface area contributed by atoms with Crippen molar-refractivity contribution in [3.05, 3.63) is 0 Å². The molecule has 0 aliphatic heterocycles. The highest BCUT2D eigenvalue weighted by Crippen LogP contribution is 2.24. The summed E-state index contributed by atoms with van der Waals surface area (Å²) in [6.45, 7) is 3.80. The maximum absolute atomic E-state index is 11.6. The molecule has 4 N–H and O–H groups in total. The van der Waals surface area contributed by atoms with Crippen LogP contribution in [-0.4, -0.2) is 24.0 Å². The summed E-state index contributed by atoms with van der Waals surface area (Å²) in [4.78, 5) is 22.1. The summed E-state index contributed by atoms with van der Waals surface area (Å²) in [5.74, 6) is 0.516. The first kappa shape index (κ1) is 11.8. The van der Waals surface area contributed by atoms with Crippen molar-refractivity contribution in [3.8, 4) is 0 Å². The van der Waals surface area contributed by atoms with E-state index >= 15 is 0 Å². The molecular formula is C10H19N3O2. The van der Waals surface area contributed by atoms with Crippen molar-refractivity contribution in [1.29, 1.82) is 0 Å². The maximum Gasteiger partial charge on any atom is 0.312 e. The second kappa shape index (κ2) is 5.00. The van der Waals surface area contributed by atoms with Gasteiger partial charge in [0.25, 0.3) is 0 Å². The van der Waals surface area contributed by atoms with Crippen molar-refractivity contribution in [2.45, 2.75) is 45.2 Å². The van der Waals surface area contributed by atoms with Crippen LogP contribution >= 0.6 is 0 Å². The largest absolute Gasteiger partial charge is 0.352 e. The maximum atomic E-state index is 11.6. The highest BCUT2D eigenvalue weighted by atomic mass is 16.2. The Morgan fingerprint density at radius 2 is 2.07 bits per heavy atom. The van der Waals surface area contributed by atoms with Crippen LogP contribution in [0, 0.1) is 5.92 Å². The minimum Gasteiger partial charge on any atom is -0.352 e. The van der Waals surface area contributed by atoms with Crippen LogP contribution in [0.3, 0.4) is 0 Å². The normalized spacial score (nSPS) is 27.1. The number of rotatable bonds is 3. The van der Waals surface area contributed by atoms with Crippen LogP contribution < -0.4 is 16.4 Å². The Morgan fingerprint density at radius 1 is 1.40 bits per heavy atom. The van der Waals surface area contributed by atoms with Gasteiger partial charge in [-0.05, 0) is 32.1 Å². The van der Waals surface area contributed by atoms with Crippen molar-refractivity contribution in [3.63, 3.8) is 0 Å². The molecule has 15 heavy (non-hydrogen) atoms. The van der Waals surface area contributed by atoms with Gasteiger partial charge in [-0.15, -0.1) is 0 Å². The lowest BCUT2D eigenvalue weighted by Gasteiger charge is -2.16. The standard InChI is InChI=1S/C10H19N3O2/c1-6-3-4-8(5-6)13-9(14)7(2)12-10(11)15/h6-8H,3-5H2,1-2H3,(H,13,14)(H3,11,12,15). The van der Waals surface area contributed by atoms with E-state index < -0.39 is 12.1 Å². The molecule has 0 saturated heterocycles. The molecule has 0 bridgehead atoms. The van der Waals surface area contributed by atoms with Crippen LogP contribution in [0.25, 0.3) is 0 Å². The Balaban J connectivity index is 2.31. The number of urea groups is 1. The summed E-state index contributed by atoms with van der Waals surface area (Å²) in [6, 6.07) is -0.972. The number of nitrogens with one attached hydrogen (secondary N) is 2. The minimum absolute atomic E-state index is 0.159. The van der Waals surface area contributed by atoms with Crippen LogP contribution in [0.15, 0.2) is 0 Å². The number of amides is 3. The van der Waals surface area contributed by atoms with E-state index in [1.165, 1.54) is 0 Å². The fraction of sp³-hybridized carbons (Fsp3) is 0.800. The molecule has 3 amide bonds. The molecule has 0 aromatic heterocycles. The zero-order chi connectivity index (χ0) is 11.4. The third kappa shape index (κ3) is 3.77. The molecule has 3 unspecified atom stereocenters. The Bertz CT molecular complexity index is 255. The third-order valence-corrected chi connectivity index (χ3v) is 2.79. The SMILES string of the molecule is CC1CCC(NC(=O)C(C)NC(N)=O)C1. The van der Waals surface area contributed by atoms with Crippen LogP contribution in [0.1, 0.15) is 33.1 Å². The quantitative estimate of drug-likeness (QED) is 0.632. The number of nitrogens with two attached hydrogens (primary N) is 1. The summed E-state index contributed by atoms with van der Waals surface area (Å²) in [6.07, 6.45) is 3.20. The number of carbonyl (C=O) groups excluding carboxylic acids is 2. The molecule has 0 heterocycles. The first-order valence-corrected chi connectivity index (χ1v) is 5.35. The molecule has 5 nitrogen and oxygen atoms in total. The number of carbonyl (C=O) groups is 2.